The Balaban J connectivity index is 1.95. The van der Waals surface area contributed by atoms with Crippen molar-refractivity contribution in [2.24, 2.45) is 0 Å². The molecule has 4 rings (SSSR count). The van der Waals surface area contributed by atoms with E-state index in [4.69, 9.17) is 23.4 Å². The summed E-state index contributed by atoms with van der Waals surface area (Å²) in [5, 5.41) is 0.485. The number of hydrogen-bond donors (Lipinski definition) is 0. The minimum Gasteiger partial charge on any atom is -0.497 e. The van der Waals surface area contributed by atoms with E-state index in [0.29, 0.717) is 45.3 Å². The third-order valence-electron chi connectivity index (χ3n) is 3.90. The Bertz CT molecular complexity index is 989. The Morgan fingerprint density at radius 1 is 0.958 bits per heavy atom. The van der Waals surface area contributed by atoms with Crippen molar-refractivity contribution < 1.29 is 23.4 Å². The molecule has 122 valence electrons. The summed E-state index contributed by atoms with van der Waals surface area (Å²) in [6.45, 7) is 0.154. The van der Waals surface area contributed by atoms with E-state index in [1.807, 2.05) is 0 Å². The normalized spacial score (nSPS) is 12.4. The van der Waals surface area contributed by atoms with Crippen LogP contribution in [0, 0.1) is 0 Å². The van der Waals surface area contributed by atoms with Crippen molar-refractivity contribution >= 4 is 11.0 Å². The Kier molecular flexibility index (Phi) is 3.30. The third-order valence-corrected chi connectivity index (χ3v) is 3.90. The fourth-order valence-corrected chi connectivity index (χ4v) is 2.68. The maximum atomic E-state index is 12.4. The number of hydrogen-bond acceptors (Lipinski definition) is 6. The van der Waals surface area contributed by atoms with Gasteiger partial charge < -0.3 is 23.4 Å². The molecule has 0 atom stereocenters. The first-order chi connectivity index (χ1) is 11.7. The van der Waals surface area contributed by atoms with Gasteiger partial charge in [0.15, 0.2) is 16.9 Å². The quantitative estimate of drug-likeness (QED) is 0.736. The maximum Gasteiger partial charge on any atom is 0.231 e. The van der Waals surface area contributed by atoms with E-state index in [1.54, 1.807) is 44.6 Å². The second-order valence-corrected chi connectivity index (χ2v) is 5.24. The van der Waals surface area contributed by atoms with Crippen molar-refractivity contribution in [1.82, 2.24) is 0 Å². The van der Waals surface area contributed by atoms with Crippen LogP contribution in [0.2, 0.25) is 0 Å². The number of fused-ring (bicyclic) bond motifs is 2. The van der Waals surface area contributed by atoms with Crippen molar-refractivity contribution in [3.05, 3.63) is 46.6 Å². The molecule has 1 aliphatic rings. The van der Waals surface area contributed by atoms with Gasteiger partial charge in [-0.1, -0.05) is 0 Å². The van der Waals surface area contributed by atoms with E-state index in [2.05, 4.69) is 0 Å². The number of methoxy groups -OCH3 is 2. The van der Waals surface area contributed by atoms with E-state index in [-0.39, 0.29) is 12.2 Å². The van der Waals surface area contributed by atoms with Gasteiger partial charge in [-0.05, 0) is 18.2 Å². The second-order valence-electron chi connectivity index (χ2n) is 5.24. The van der Waals surface area contributed by atoms with Gasteiger partial charge in [0.2, 0.25) is 6.79 Å². The van der Waals surface area contributed by atoms with Gasteiger partial charge in [0.25, 0.3) is 0 Å². The Labute approximate surface area is 137 Å². The van der Waals surface area contributed by atoms with Gasteiger partial charge in [-0.25, -0.2) is 0 Å². The average Bonchev–Trinajstić information content (AvgIpc) is 3.07. The molecule has 0 saturated heterocycles. The summed E-state index contributed by atoms with van der Waals surface area (Å²) in [5.41, 5.74) is 0.911. The first kappa shape index (κ1) is 14.4. The fourth-order valence-electron chi connectivity index (χ4n) is 2.68. The zero-order valence-electron chi connectivity index (χ0n) is 13.1. The second kappa shape index (κ2) is 5.49. The predicted octanol–water partition coefficient (Wildman–Crippen LogP) is 3.21. The molecule has 0 radical (unpaired) electrons. The zero-order chi connectivity index (χ0) is 16.7. The van der Waals surface area contributed by atoms with Crippen molar-refractivity contribution in [1.29, 1.82) is 0 Å². The molecule has 1 aromatic heterocycles. The van der Waals surface area contributed by atoms with Crippen LogP contribution in [0.25, 0.3) is 22.3 Å². The van der Waals surface area contributed by atoms with Crippen LogP contribution < -0.4 is 24.4 Å². The van der Waals surface area contributed by atoms with E-state index < -0.39 is 0 Å². The molecule has 6 nitrogen and oxygen atoms in total. The van der Waals surface area contributed by atoms with Gasteiger partial charge in [0.05, 0.1) is 25.2 Å². The zero-order valence-corrected chi connectivity index (χ0v) is 13.1. The highest BCUT2D eigenvalue weighted by atomic mass is 16.7. The number of ether oxygens (including phenoxy) is 4. The molecule has 24 heavy (non-hydrogen) atoms. The van der Waals surface area contributed by atoms with Gasteiger partial charge in [-0.2, -0.15) is 0 Å². The first-order valence-electron chi connectivity index (χ1n) is 7.29. The largest absolute Gasteiger partial charge is 0.497 e. The van der Waals surface area contributed by atoms with Gasteiger partial charge in [0, 0.05) is 18.2 Å². The molecule has 3 aromatic rings. The summed E-state index contributed by atoms with van der Waals surface area (Å²) in [6.07, 6.45) is 0. The van der Waals surface area contributed by atoms with Crippen LogP contribution in [-0.2, 0) is 0 Å². The van der Waals surface area contributed by atoms with Gasteiger partial charge >= 0.3 is 0 Å². The molecule has 2 heterocycles. The van der Waals surface area contributed by atoms with Crippen LogP contribution >= 0.6 is 0 Å². The first-order valence-corrected chi connectivity index (χ1v) is 7.29. The van der Waals surface area contributed by atoms with E-state index in [1.165, 1.54) is 6.07 Å². The molecule has 0 saturated carbocycles. The molecule has 0 N–H and O–H groups in total. The van der Waals surface area contributed by atoms with E-state index in [0.717, 1.165) is 0 Å². The summed E-state index contributed by atoms with van der Waals surface area (Å²) in [6, 6.07) is 9.98. The van der Waals surface area contributed by atoms with Crippen LogP contribution in [-0.4, -0.2) is 21.0 Å². The Morgan fingerprint density at radius 3 is 2.50 bits per heavy atom. The van der Waals surface area contributed by atoms with Gasteiger partial charge in [0.1, 0.15) is 22.8 Å². The van der Waals surface area contributed by atoms with Crippen molar-refractivity contribution in [2.45, 2.75) is 0 Å². The summed E-state index contributed by atoms with van der Waals surface area (Å²) in [7, 11) is 3.10. The molecule has 0 fully saturated rings. The molecule has 0 amide bonds. The standard InChI is InChI=1S/C18H14O6/c1-20-10-3-4-11-13(19)7-16(24-15(11)5-10)12-6-17-18(23-9-22-17)8-14(12)21-2/h3-8H,9H2,1-2H3. The van der Waals surface area contributed by atoms with Crippen LogP contribution in [0.1, 0.15) is 0 Å². The molecule has 0 aliphatic carbocycles. The van der Waals surface area contributed by atoms with Crippen LogP contribution in [0.3, 0.4) is 0 Å². The van der Waals surface area contributed by atoms with Crippen molar-refractivity contribution in [3.63, 3.8) is 0 Å². The molecule has 2 aromatic carbocycles. The third kappa shape index (κ3) is 2.23. The smallest absolute Gasteiger partial charge is 0.231 e. The molecule has 0 bridgehead atoms. The summed E-state index contributed by atoms with van der Waals surface area (Å²) < 4.78 is 27.2. The molecule has 0 spiro atoms. The van der Waals surface area contributed by atoms with E-state index >= 15 is 0 Å². The minimum atomic E-state index is -0.145. The lowest BCUT2D eigenvalue weighted by atomic mass is 10.1. The molecular weight excluding hydrogens is 312 g/mol. The summed E-state index contributed by atoms with van der Waals surface area (Å²) >= 11 is 0. The topological polar surface area (TPSA) is 67.1 Å². The highest BCUT2D eigenvalue weighted by Gasteiger charge is 2.20. The van der Waals surface area contributed by atoms with Crippen LogP contribution in [0.4, 0.5) is 0 Å². The molecule has 1 aliphatic heterocycles. The lowest BCUT2D eigenvalue weighted by molar-refractivity contribution is 0.174. The monoisotopic (exact) mass is 326 g/mol. The highest BCUT2D eigenvalue weighted by Crippen LogP contribution is 2.42. The molecule has 0 unspecified atom stereocenters. The lowest BCUT2D eigenvalue weighted by Gasteiger charge is -2.10. The van der Waals surface area contributed by atoms with Crippen molar-refractivity contribution in [3.8, 4) is 34.3 Å². The van der Waals surface area contributed by atoms with Crippen molar-refractivity contribution in [2.75, 3.05) is 21.0 Å². The van der Waals surface area contributed by atoms with Crippen LogP contribution in [0.15, 0.2) is 45.6 Å². The minimum absolute atomic E-state index is 0.145. The molecular formula is C18H14O6. The van der Waals surface area contributed by atoms with E-state index in [9.17, 15) is 4.79 Å². The predicted molar refractivity (Wildman–Crippen MR) is 87.1 cm³/mol. The van der Waals surface area contributed by atoms with Crippen LogP contribution in [0.5, 0.6) is 23.0 Å². The summed E-state index contributed by atoms with van der Waals surface area (Å²) in [4.78, 5) is 12.4. The lowest BCUT2D eigenvalue weighted by Crippen LogP contribution is -2.01. The number of benzene rings is 2. The SMILES string of the molecule is COc1ccc2c(=O)cc(-c3cc4c(cc3OC)OCO4)oc2c1. The molecule has 6 heteroatoms. The average molecular weight is 326 g/mol. The van der Waals surface area contributed by atoms with Gasteiger partial charge in [-0.3, -0.25) is 4.79 Å². The van der Waals surface area contributed by atoms with Gasteiger partial charge in [-0.15, -0.1) is 0 Å². The number of rotatable bonds is 3. The Hall–Kier alpha value is -3.15. The Morgan fingerprint density at radius 2 is 1.75 bits per heavy atom. The highest BCUT2D eigenvalue weighted by molar-refractivity contribution is 5.81. The fraction of sp³-hybridized carbons (Fsp3) is 0.167. The summed E-state index contributed by atoms with van der Waals surface area (Å²) in [5.74, 6) is 2.71. The maximum absolute atomic E-state index is 12.4.